The number of aromatic nitrogens is 2. The van der Waals surface area contributed by atoms with Crippen LogP contribution >= 0.6 is 0 Å². The monoisotopic (exact) mass is 351 g/mol. The minimum Gasteiger partial charge on any atom is -0.399 e. The number of hydrogen-bond donors (Lipinski definition) is 3. The van der Waals surface area contributed by atoms with Crippen LogP contribution in [0.15, 0.2) is 30.3 Å². The van der Waals surface area contributed by atoms with Gasteiger partial charge in [-0.05, 0) is 49.9 Å². The van der Waals surface area contributed by atoms with E-state index in [1.54, 1.807) is 24.3 Å². The van der Waals surface area contributed by atoms with E-state index in [0.717, 1.165) is 31.4 Å². The molecule has 0 radical (unpaired) electrons. The minimum atomic E-state index is -0.186. The van der Waals surface area contributed by atoms with E-state index in [2.05, 4.69) is 15.6 Å². The number of anilines is 3. The van der Waals surface area contributed by atoms with Gasteiger partial charge in [0.25, 0.3) is 5.91 Å². The Labute approximate surface area is 153 Å². The number of carbonyl (C=O) groups is 1. The molecule has 6 heteroatoms. The quantitative estimate of drug-likeness (QED) is 0.710. The molecule has 0 unspecified atom stereocenters. The summed E-state index contributed by atoms with van der Waals surface area (Å²) >= 11 is 0. The number of nitrogens with two attached hydrogens (primary N) is 1. The number of nitrogens with one attached hydrogen (secondary N) is 2. The molecule has 6 nitrogen and oxygen atoms in total. The van der Waals surface area contributed by atoms with Crippen LogP contribution in [0, 0.1) is 0 Å². The second-order valence-electron chi connectivity index (χ2n) is 7.33. The first kappa shape index (κ1) is 16.8. The highest BCUT2D eigenvalue weighted by Crippen LogP contribution is 2.40. The molecule has 2 fully saturated rings. The van der Waals surface area contributed by atoms with Gasteiger partial charge in [0.1, 0.15) is 5.82 Å². The van der Waals surface area contributed by atoms with Crippen LogP contribution in [0.4, 0.5) is 17.5 Å². The fourth-order valence-corrected chi connectivity index (χ4v) is 3.44. The summed E-state index contributed by atoms with van der Waals surface area (Å²) in [6.45, 7) is 0. The van der Waals surface area contributed by atoms with Crippen molar-refractivity contribution in [3.05, 3.63) is 41.6 Å². The van der Waals surface area contributed by atoms with Crippen molar-refractivity contribution < 1.29 is 4.79 Å². The molecule has 0 saturated heterocycles. The Hall–Kier alpha value is -2.63. The van der Waals surface area contributed by atoms with Crippen molar-refractivity contribution in [1.29, 1.82) is 0 Å². The molecule has 4 rings (SSSR count). The average Bonchev–Trinajstić information content (AvgIpc) is 3.48. The molecule has 1 aromatic carbocycles. The minimum absolute atomic E-state index is 0.186. The SMILES string of the molecule is Nc1ccc(C(=O)Nc2cc(C3CC3)nc(NC3CCCCC3)n2)cc1. The molecule has 1 heterocycles. The van der Waals surface area contributed by atoms with Crippen LogP contribution in [-0.4, -0.2) is 21.9 Å². The van der Waals surface area contributed by atoms with Crippen LogP contribution in [-0.2, 0) is 0 Å². The second kappa shape index (κ2) is 7.32. The number of benzene rings is 1. The Morgan fingerprint density at radius 1 is 1.00 bits per heavy atom. The maximum atomic E-state index is 12.5. The Kier molecular flexibility index (Phi) is 4.73. The smallest absolute Gasteiger partial charge is 0.256 e. The molecule has 136 valence electrons. The predicted molar refractivity (Wildman–Crippen MR) is 103 cm³/mol. The molecule has 26 heavy (non-hydrogen) atoms. The van der Waals surface area contributed by atoms with Crippen LogP contribution in [0.25, 0.3) is 0 Å². The van der Waals surface area contributed by atoms with Crippen LogP contribution in [0.3, 0.4) is 0 Å². The van der Waals surface area contributed by atoms with Crippen molar-refractivity contribution in [3.63, 3.8) is 0 Å². The third kappa shape index (κ3) is 4.12. The van der Waals surface area contributed by atoms with Gasteiger partial charge in [0.2, 0.25) is 5.95 Å². The van der Waals surface area contributed by atoms with Crippen LogP contribution in [0.5, 0.6) is 0 Å². The summed E-state index contributed by atoms with van der Waals surface area (Å²) in [5.74, 6) is 1.50. The summed E-state index contributed by atoms with van der Waals surface area (Å²) in [6.07, 6.45) is 8.44. The van der Waals surface area contributed by atoms with E-state index in [9.17, 15) is 4.79 Å². The number of amides is 1. The predicted octanol–water partition coefficient (Wildman–Crippen LogP) is 3.93. The molecule has 4 N–H and O–H groups in total. The van der Waals surface area contributed by atoms with Gasteiger partial charge in [0.05, 0.1) is 5.69 Å². The van der Waals surface area contributed by atoms with E-state index < -0.39 is 0 Å². The van der Waals surface area contributed by atoms with Crippen molar-refractivity contribution in [1.82, 2.24) is 9.97 Å². The molecule has 2 saturated carbocycles. The fraction of sp³-hybridized carbons (Fsp3) is 0.450. The van der Waals surface area contributed by atoms with Crippen molar-refractivity contribution in [2.24, 2.45) is 0 Å². The van der Waals surface area contributed by atoms with Gasteiger partial charge in [-0.2, -0.15) is 4.98 Å². The number of rotatable bonds is 5. The summed E-state index contributed by atoms with van der Waals surface area (Å²) in [5.41, 5.74) is 7.91. The third-order valence-corrected chi connectivity index (χ3v) is 5.09. The van der Waals surface area contributed by atoms with Gasteiger partial charge in [-0.3, -0.25) is 4.79 Å². The van der Waals surface area contributed by atoms with Crippen LogP contribution < -0.4 is 16.4 Å². The van der Waals surface area contributed by atoms with Gasteiger partial charge in [0, 0.05) is 29.3 Å². The van der Waals surface area contributed by atoms with Crippen molar-refractivity contribution in [2.75, 3.05) is 16.4 Å². The van der Waals surface area contributed by atoms with E-state index >= 15 is 0 Å². The zero-order valence-electron chi connectivity index (χ0n) is 14.9. The topological polar surface area (TPSA) is 92.9 Å². The highest BCUT2D eigenvalue weighted by Gasteiger charge is 2.27. The van der Waals surface area contributed by atoms with E-state index in [4.69, 9.17) is 10.7 Å². The summed E-state index contributed by atoms with van der Waals surface area (Å²) < 4.78 is 0. The average molecular weight is 351 g/mol. The molecule has 1 aromatic heterocycles. The maximum Gasteiger partial charge on any atom is 0.256 e. The Bertz CT molecular complexity index is 779. The zero-order valence-corrected chi connectivity index (χ0v) is 14.9. The number of carbonyl (C=O) groups excluding carboxylic acids is 1. The van der Waals surface area contributed by atoms with Gasteiger partial charge in [-0.15, -0.1) is 0 Å². The van der Waals surface area contributed by atoms with E-state index in [1.807, 2.05) is 6.07 Å². The maximum absolute atomic E-state index is 12.5. The van der Waals surface area contributed by atoms with Gasteiger partial charge in [-0.1, -0.05) is 19.3 Å². The van der Waals surface area contributed by atoms with E-state index in [-0.39, 0.29) is 5.91 Å². The van der Waals surface area contributed by atoms with E-state index in [0.29, 0.717) is 35.0 Å². The summed E-state index contributed by atoms with van der Waals surface area (Å²) in [5, 5.41) is 6.38. The first-order valence-electron chi connectivity index (χ1n) is 9.50. The fourth-order valence-electron chi connectivity index (χ4n) is 3.44. The molecule has 0 bridgehead atoms. The highest BCUT2D eigenvalue weighted by atomic mass is 16.1. The van der Waals surface area contributed by atoms with Gasteiger partial charge >= 0.3 is 0 Å². The first-order chi connectivity index (χ1) is 12.7. The second-order valence-corrected chi connectivity index (χ2v) is 7.33. The van der Waals surface area contributed by atoms with Gasteiger partial charge in [0.15, 0.2) is 0 Å². The van der Waals surface area contributed by atoms with Crippen LogP contribution in [0.2, 0.25) is 0 Å². The molecule has 0 spiro atoms. The Morgan fingerprint density at radius 2 is 1.73 bits per heavy atom. The molecular weight excluding hydrogens is 326 g/mol. The normalized spacial score (nSPS) is 17.7. The number of hydrogen-bond acceptors (Lipinski definition) is 5. The molecule has 0 atom stereocenters. The number of nitrogens with zero attached hydrogens (tertiary/aromatic N) is 2. The van der Waals surface area contributed by atoms with Crippen molar-refractivity contribution >= 4 is 23.4 Å². The lowest BCUT2D eigenvalue weighted by Crippen LogP contribution is -2.24. The van der Waals surface area contributed by atoms with Crippen molar-refractivity contribution in [3.8, 4) is 0 Å². The number of nitrogen functional groups attached to an aromatic ring is 1. The lowest BCUT2D eigenvalue weighted by Gasteiger charge is -2.23. The van der Waals surface area contributed by atoms with Gasteiger partial charge < -0.3 is 16.4 Å². The molecule has 2 aliphatic carbocycles. The summed E-state index contributed by atoms with van der Waals surface area (Å²) in [6, 6.07) is 9.21. The van der Waals surface area contributed by atoms with Crippen LogP contribution in [0.1, 0.15) is 66.9 Å². The summed E-state index contributed by atoms with van der Waals surface area (Å²) in [4.78, 5) is 21.7. The van der Waals surface area contributed by atoms with Crippen molar-refractivity contribution in [2.45, 2.75) is 56.9 Å². The lowest BCUT2D eigenvalue weighted by atomic mass is 9.96. The Balaban J connectivity index is 1.52. The molecule has 2 aromatic rings. The molecular formula is C20H25N5O. The van der Waals surface area contributed by atoms with E-state index in [1.165, 1.54) is 19.3 Å². The largest absolute Gasteiger partial charge is 0.399 e. The molecule has 1 amide bonds. The zero-order chi connectivity index (χ0) is 17.9. The highest BCUT2D eigenvalue weighted by molar-refractivity contribution is 6.04. The van der Waals surface area contributed by atoms with Gasteiger partial charge in [-0.25, -0.2) is 4.98 Å². The summed E-state index contributed by atoms with van der Waals surface area (Å²) in [7, 11) is 0. The molecule has 2 aliphatic rings. The molecule has 0 aliphatic heterocycles. The first-order valence-corrected chi connectivity index (χ1v) is 9.50. The standard InChI is InChI=1S/C20H25N5O/c21-15-10-8-14(9-11-15)19(26)24-18-12-17(13-6-7-13)23-20(25-18)22-16-4-2-1-3-5-16/h8-13,16H,1-7,21H2,(H2,22,23,24,25,26). The third-order valence-electron chi connectivity index (χ3n) is 5.09. The Morgan fingerprint density at radius 3 is 2.42 bits per heavy atom. The lowest BCUT2D eigenvalue weighted by molar-refractivity contribution is 0.102.